The lowest BCUT2D eigenvalue weighted by Gasteiger charge is -2.04. The molecule has 0 aliphatic heterocycles. The van der Waals surface area contributed by atoms with E-state index in [-0.39, 0.29) is 0 Å². The smallest absolute Gasteiger partial charge is 0.117 e. The van der Waals surface area contributed by atoms with Crippen molar-refractivity contribution in [2.45, 2.75) is 52.1 Å². The van der Waals surface area contributed by atoms with Gasteiger partial charge < -0.3 is 5.32 Å². The largest absolute Gasteiger partial charge is 0.311 e. The molecule has 3 rings (SSSR count). The summed E-state index contributed by atoms with van der Waals surface area (Å²) < 4.78 is 0. The molecule has 4 nitrogen and oxygen atoms in total. The van der Waals surface area contributed by atoms with Crippen molar-refractivity contribution in [1.82, 2.24) is 20.3 Å². The van der Waals surface area contributed by atoms with Gasteiger partial charge in [-0.15, -0.1) is 0 Å². The van der Waals surface area contributed by atoms with Gasteiger partial charge in [-0.3, -0.25) is 0 Å². The van der Waals surface area contributed by atoms with E-state index < -0.39 is 0 Å². The number of unbranched alkanes of at least 4 members (excludes halogenated alkanes) is 4. The number of benzene rings is 2. The molecule has 0 aliphatic rings. The molecule has 0 amide bonds. The molecule has 0 unspecified atom stereocenters. The Bertz CT molecular complexity index is 845. The molecular weight excluding hydrogens is 368 g/mol. The van der Waals surface area contributed by atoms with Gasteiger partial charge in [0.15, 0.2) is 0 Å². The van der Waals surface area contributed by atoms with Gasteiger partial charge in [-0.2, -0.15) is 15.0 Å². The summed E-state index contributed by atoms with van der Waals surface area (Å²) in [7, 11) is 0. The van der Waals surface area contributed by atoms with E-state index in [1.165, 1.54) is 32.1 Å². The Balaban J connectivity index is 1.68. The first-order valence-electron chi connectivity index (χ1n) is 10.2. The lowest BCUT2D eigenvalue weighted by Crippen LogP contribution is -2.16. The summed E-state index contributed by atoms with van der Waals surface area (Å²) in [6.07, 6.45) is 6.42. The van der Waals surface area contributed by atoms with Gasteiger partial charge in [-0.05, 0) is 24.6 Å². The van der Waals surface area contributed by atoms with Crippen molar-refractivity contribution in [3.8, 4) is 11.3 Å². The van der Waals surface area contributed by atoms with Crippen LogP contribution in [0.25, 0.3) is 11.3 Å². The van der Waals surface area contributed by atoms with Gasteiger partial charge >= 0.3 is 0 Å². The second kappa shape index (κ2) is 11.0. The van der Waals surface area contributed by atoms with Crippen molar-refractivity contribution in [2.75, 3.05) is 6.54 Å². The Morgan fingerprint density at radius 3 is 2.43 bits per heavy atom. The number of rotatable bonds is 11. The zero-order chi connectivity index (χ0) is 19.6. The first-order chi connectivity index (χ1) is 13.8. The third-order valence-corrected chi connectivity index (χ3v) is 5.16. The van der Waals surface area contributed by atoms with E-state index in [1.807, 2.05) is 42.5 Å². The number of nitrogens with zero attached hydrogens (tertiary/aromatic N) is 3. The minimum atomic E-state index is 0.566. The van der Waals surface area contributed by atoms with Crippen LogP contribution in [0, 0.1) is 0 Å². The van der Waals surface area contributed by atoms with E-state index >= 15 is 0 Å². The van der Waals surface area contributed by atoms with Gasteiger partial charge in [-0.25, -0.2) is 0 Å². The van der Waals surface area contributed by atoms with Crippen LogP contribution in [0.3, 0.4) is 0 Å². The zero-order valence-electron chi connectivity index (χ0n) is 16.6. The molecule has 2 aromatic carbocycles. The second-order valence-electron chi connectivity index (χ2n) is 7.07. The molecule has 1 aromatic heterocycles. The van der Waals surface area contributed by atoms with Crippen molar-refractivity contribution < 1.29 is 0 Å². The monoisotopic (exact) mass is 396 g/mol. The van der Waals surface area contributed by atoms with Crippen molar-refractivity contribution in [2.24, 2.45) is 0 Å². The van der Waals surface area contributed by atoms with E-state index in [4.69, 9.17) is 21.8 Å². The maximum Gasteiger partial charge on any atom is 0.117 e. The Morgan fingerprint density at radius 1 is 0.893 bits per heavy atom. The van der Waals surface area contributed by atoms with Crippen LogP contribution < -0.4 is 5.32 Å². The number of aromatic nitrogens is 3. The van der Waals surface area contributed by atoms with Crippen LogP contribution in [-0.4, -0.2) is 21.5 Å². The molecule has 0 radical (unpaired) electrons. The van der Waals surface area contributed by atoms with Gasteiger partial charge in [0.25, 0.3) is 0 Å². The molecule has 148 valence electrons. The van der Waals surface area contributed by atoms with Crippen LogP contribution in [0.4, 0.5) is 0 Å². The number of halogens is 1. The molecule has 0 spiro atoms. The van der Waals surface area contributed by atoms with Crippen LogP contribution in [0.1, 0.15) is 50.3 Å². The summed E-state index contributed by atoms with van der Waals surface area (Å²) in [5.74, 6) is 0. The fourth-order valence-corrected chi connectivity index (χ4v) is 3.43. The summed E-state index contributed by atoms with van der Waals surface area (Å²) in [4.78, 5) is 1.75. The van der Waals surface area contributed by atoms with Crippen LogP contribution in [0.5, 0.6) is 0 Å². The number of hydrogen-bond donors (Lipinski definition) is 1. The highest BCUT2D eigenvalue weighted by molar-refractivity contribution is 6.31. The maximum absolute atomic E-state index is 6.31. The lowest BCUT2D eigenvalue weighted by molar-refractivity contribution is 0.561. The molecule has 0 saturated carbocycles. The standard InChI is InChI=1S/C23H29ClN4/c1-2-3-4-5-11-16-25-17-22-23(19-12-7-6-8-13-19)27-28(26-22)18-20-14-9-10-15-21(20)24/h6-10,12-15,25H,2-5,11,16-18H2,1H3. The van der Waals surface area contributed by atoms with Crippen molar-refractivity contribution in [1.29, 1.82) is 0 Å². The lowest BCUT2D eigenvalue weighted by atomic mass is 10.1. The van der Waals surface area contributed by atoms with E-state index in [0.717, 1.165) is 40.6 Å². The first kappa shape index (κ1) is 20.6. The summed E-state index contributed by atoms with van der Waals surface area (Å²) in [5, 5.41) is 13.8. The Morgan fingerprint density at radius 2 is 1.64 bits per heavy atom. The highest BCUT2D eigenvalue weighted by atomic mass is 35.5. The number of hydrogen-bond acceptors (Lipinski definition) is 3. The predicted molar refractivity (Wildman–Crippen MR) is 116 cm³/mol. The predicted octanol–water partition coefficient (Wildman–Crippen LogP) is 5.71. The van der Waals surface area contributed by atoms with Gasteiger partial charge in [0.05, 0.1) is 6.54 Å². The van der Waals surface area contributed by atoms with Gasteiger partial charge in [0, 0.05) is 17.1 Å². The van der Waals surface area contributed by atoms with Crippen LogP contribution in [-0.2, 0) is 13.1 Å². The minimum absolute atomic E-state index is 0.566. The topological polar surface area (TPSA) is 42.7 Å². The average Bonchev–Trinajstić information content (AvgIpc) is 3.12. The zero-order valence-corrected chi connectivity index (χ0v) is 17.3. The van der Waals surface area contributed by atoms with E-state index in [1.54, 1.807) is 4.80 Å². The van der Waals surface area contributed by atoms with Gasteiger partial charge in [-0.1, -0.05) is 92.7 Å². The Kier molecular flexibility index (Phi) is 8.07. The number of nitrogens with one attached hydrogen (secondary N) is 1. The molecule has 1 heterocycles. The molecule has 0 saturated heterocycles. The molecule has 5 heteroatoms. The highest BCUT2D eigenvalue weighted by Crippen LogP contribution is 2.21. The summed E-state index contributed by atoms with van der Waals surface area (Å²) in [6, 6.07) is 18.1. The molecule has 1 N–H and O–H groups in total. The van der Waals surface area contributed by atoms with E-state index in [2.05, 4.69) is 24.4 Å². The van der Waals surface area contributed by atoms with E-state index in [0.29, 0.717) is 6.54 Å². The average molecular weight is 397 g/mol. The molecule has 0 atom stereocenters. The molecular formula is C23H29ClN4. The second-order valence-corrected chi connectivity index (χ2v) is 7.48. The molecule has 28 heavy (non-hydrogen) atoms. The molecule has 0 aliphatic carbocycles. The van der Waals surface area contributed by atoms with Crippen molar-refractivity contribution in [3.05, 3.63) is 70.9 Å². The molecule has 3 aromatic rings. The minimum Gasteiger partial charge on any atom is -0.311 e. The summed E-state index contributed by atoms with van der Waals surface area (Å²) >= 11 is 6.31. The summed E-state index contributed by atoms with van der Waals surface area (Å²) in [5.41, 5.74) is 4.03. The Labute approximate surface area is 172 Å². The van der Waals surface area contributed by atoms with Gasteiger partial charge in [0.1, 0.15) is 11.4 Å². The normalized spacial score (nSPS) is 11.1. The fourth-order valence-electron chi connectivity index (χ4n) is 3.23. The van der Waals surface area contributed by atoms with Crippen LogP contribution >= 0.6 is 11.6 Å². The Hall–Kier alpha value is -2.17. The highest BCUT2D eigenvalue weighted by Gasteiger charge is 2.13. The van der Waals surface area contributed by atoms with E-state index in [9.17, 15) is 0 Å². The van der Waals surface area contributed by atoms with Crippen LogP contribution in [0.2, 0.25) is 5.02 Å². The third-order valence-electron chi connectivity index (χ3n) is 4.79. The molecule has 0 bridgehead atoms. The maximum atomic E-state index is 6.31. The van der Waals surface area contributed by atoms with Gasteiger partial charge in [0.2, 0.25) is 0 Å². The quantitative estimate of drug-likeness (QED) is 0.422. The van der Waals surface area contributed by atoms with Crippen LogP contribution in [0.15, 0.2) is 54.6 Å². The first-order valence-corrected chi connectivity index (χ1v) is 10.6. The third kappa shape index (κ3) is 5.91. The fraction of sp³-hybridized carbons (Fsp3) is 0.391. The summed E-state index contributed by atoms with van der Waals surface area (Å²) in [6.45, 7) is 4.54. The SMILES string of the molecule is CCCCCCCNCc1nn(Cc2ccccc2Cl)nc1-c1ccccc1. The van der Waals surface area contributed by atoms with Crippen molar-refractivity contribution >= 4 is 11.6 Å². The molecule has 0 fully saturated rings. The van der Waals surface area contributed by atoms with Crippen molar-refractivity contribution in [3.63, 3.8) is 0 Å².